The zero-order chi connectivity index (χ0) is 14.9. The Morgan fingerprint density at radius 2 is 1.53 bits per heavy atom. The molecule has 0 atom stereocenters. The van der Waals surface area contributed by atoms with E-state index in [0.717, 1.165) is 18.9 Å². The van der Waals surface area contributed by atoms with Gasteiger partial charge in [-0.3, -0.25) is 0 Å². The Morgan fingerprint density at radius 3 is 2.05 bits per heavy atom. The maximum atomic E-state index is 11.8. The second-order valence-corrected chi connectivity index (χ2v) is 9.64. The van der Waals surface area contributed by atoms with E-state index in [9.17, 15) is 8.42 Å². The van der Waals surface area contributed by atoms with E-state index in [1.165, 1.54) is 25.7 Å². The Morgan fingerprint density at radius 1 is 0.947 bits per heavy atom. The van der Waals surface area contributed by atoms with Crippen LogP contribution in [0.15, 0.2) is 0 Å². The van der Waals surface area contributed by atoms with Crippen LogP contribution in [0.25, 0.3) is 0 Å². The zero-order valence-corrected chi connectivity index (χ0v) is 14.3. The number of sulfone groups is 1. The third kappa shape index (κ3) is 9.44. The molecule has 0 unspecified atom stereocenters. The monoisotopic (exact) mass is 291 g/mol. The summed E-state index contributed by atoms with van der Waals surface area (Å²) >= 11 is 0. The van der Waals surface area contributed by atoms with Crippen molar-refractivity contribution in [2.75, 3.05) is 18.8 Å². The molecule has 0 aliphatic heterocycles. The highest BCUT2D eigenvalue weighted by Gasteiger charge is 2.27. The van der Waals surface area contributed by atoms with E-state index in [1.54, 1.807) is 20.8 Å². The Balaban J connectivity index is 3.47. The van der Waals surface area contributed by atoms with Gasteiger partial charge in [-0.05, 0) is 39.7 Å². The van der Waals surface area contributed by atoms with Crippen LogP contribution in [0.2, 0.25) is 0 Å². The predicted octanol–water partition coefficient (Wildman–Crippen LogP) is 3.40. The van der Waals surface area contributed by atoms with E-state index in [-0.39, 0.29) is 5.75 Å². The summed E-state index contributed by atoms with van der Waals surface area (Å²) in [5, 5.41) is 3.23. The molecule has 3 nitrogen and oxygen atoms in total. The summed E-state index contributed by atoms with van der Waals surface area (Å²) in [6, 6.07) is 0. The molecule has 0 aliphatic rings. The van der Waals surface area contributed by atoms with E-state index in [0.29, 0.717) is 6.54 Å². The minimum Gasteiger partial charge on any atom is -0.316 e. The van der Waals surface area contributed by atoms with Gasteiger partial charge in [0.2, 0.25) is 0 Å². The smallest absolute Gasteiger partial charge is 0.156 e. The van der Waals surface area contributed by atoms with Gasteiger partial charge >= 0.3 is 0 Å². The second kappa shape index (κ2) is 8.96. The largest absolute Gasteiger partial charge is 0.316 e. The van der Waals surface area contributed by atoms with Gasteiger partial charge in [0.1, 0.15) is 0 Å². The molecule has 0 aromatic carbocycles. The molecule has 0 bridgehead atoms. The molecular formula is C15H33NO2S. The molecule has 0 saturated heterocycles. The summed E-state index contributed by atoms with van der Waals surface area (Å²) in [5.41, 5.74) is 0. The van der Waals surface area contributed by atoms with Crippen molar-refractivity contribution in [3.63, 3.8) is 0 Å². The number of hydrogen-bond donors (Lipinski definition) is 1. The molecular weight excluding hydrogens is 258 g/mol. The number of nitrogens with one attached hydrogen (secondary N) is 1. The van der Waals surface area contributed by atoms with E-state index in [4.69, 9.17) is 0 Å². The summed E-state index contributed by atoms with van der Waals surface area (Å²) in [5.74, 6) is 1.05. The van der Waals surface area contributed by atoms with Crippen LogP contribution in [0.1, 0.15) is 66.7 Å². The minimum absolute atomic E-state index is 0.240. The first kappa shape index (κ1) is 18.9. The lowest BCUT2D eigenvalue weighted by Crippen LogP contribution is -2.34. The summed E-state index contributed by atoms with van der Waals surface area (Å²) < 4.78 is 23.1. The normalized spacial score (nSPS) is 13.2. The fraction of sp³-hybridized carbons (Fsp3) is 1.00. The first-order valence-corrected chi connectivity index (χ1v) is 9.25. The molecule has 0 saturated carbocycles. The highest BCUT2D eigenvalue weighted by molar-refractivity contribution is 7.92. The van der Waals surface area contributed by atoms with Gasteiger partial charge in [0.05, 0.1) is 10.5 Å². The highest BCUT2D eigenvalue weighted by Crippen LogP contribution is 2.15. The number of hydrogen-bond acceptors (Lipinski definition) is 3. The maximum absolute atomic E-state index is 11.8. The van der Waals surface area contributed by atoms with Crippen molar-refractivity contribution in [3.8, 4) is 0 Å². The SMILES string of the molecule is CC(C)CCCCCCNCCS(=O)(=O)C(C)(C)C. The molecule has 0 aromatic rings. The molecule has 0 aliphatic carbocycles. The average Bonchev–Trinajstić information content (AvgIpc) is 2.24. The molecule has 0 aromatic heterocycles. The lowest BCUT2D eigenvalue weighted by Gasteiger charge is -2.19. The zero-order valence-electron chi connectivity index (χ0n) is 13.5. The van der Waals surface area contributed by atoms with Gasteiger partial charge in [-0.15, -0.1) is 0 Å². The molecule has 0 spiro atoms. The third-order valence-electron chi connectivity index (χ3n) is 3.37. The minimum atomic E-state index is -2.97. The van der Waals surface area contributed by atoms with E-state index >= 15 is 0 Å². The molecule has 0 heterocycles. The lowest BCUT2D eigenvalue weighted by atomic mass is 10.0. The Bertz CT molecular complexity index is 316. The Hall–Kier alpha value is -0.0900. The van der Waals surface area contributed by atoms with Gasteiger partial charge in [0.25, 0.3) is 0 Å². The van der Waals surface area contributed by atoms with Crippen LogP contribution in [0.3, 0.4) is 0 Å². The Kier molecular flexibility index (Phi) is 8.92. The van der Waals surface area contributed by atoms with Gasteiger partial charge in [-0.1, -0.05) is 39.5 Å². The standard InChI is InChI=1S/C15H33NO2S/c1-14(2)10-8-6-7-9-11-16-12-13-19(17,18)15(3,4)5/h14,16H,6-13H2,1-5H3. The Labute approximate surface area is 120 Å². The van der Waals surface area contributed by atoms with Crippen LogP contribution < -0.4 is 5.32 Å². The first-order valence-electron chi connectivity index (χ1n) is 7.60. The summed E-state index contributed by atoms with van der Waals surface area (Å²) in [7, 11) is -2.97. The molecule has 0 radical (unpaired) electrons. The van der Waals surface area contributed by atoms with Gasteiger partial charge in [-0.25, -0.2) is 8.42 Å². The van der Waals surface area contributed by atoms with Gasteiger partial charge in [0.15, 0.2) is 9.84 Å². The predicted molar refractivity (Wildman–Crippen MR) is 84.3 cm³/mol. The van der Waals surface area contributed by atoms with Crippen LogP contribution in [0, 0.1) is 5.92 Å². The van der Waals surface area contributed by atoms with Crippen molar-refractivity contribution in [2.45, 2.75) is 71.5 Å². The van der Waals surface area contributed by atoms with Crippen molar-refractivity contribution in [3.05, 3.63) is 0 Å². The maximum Gasteiger partial charge on any atom is 0.156 e. The fourth-order valence-corrected chi connectivity index (χ4v) is 2.82. The molecule has 4 heteroatoms. The van der Waals surface area contributed by atoms with E-state index < -0.39 is 14.6 Å². The number of rotatable bonds is 10. The topological polar surface area (TPSA) is 46.2 Å². The summed E-state index contributed by atoms with van der Waals surface area (Å²) in [6.07, 6.45) is 6.31. The molecule has 19 heavy (non-hydrogen) atoms. The third-order valence-corrected chi connectivity index (χ3v) is 5.97. The van der Waals surface area contributed by atoms with Crippen molar-refractivity contribution in [1.82, 2.24) is 5.32 Å². The first-order chi connectivity index (χ1) is 8.67. The van der Waals surface area contributed by atoms with E-state index in [1.807, 2.05) is 0 Å². The fourth-order valence-electron chi connectivity index (χ4n) is 1.79. The van der Waals surface area contributed by atoms with E-state index in [2.05, 4.69) is 19.2 Å². The molecule has 0 rings (SSSR count). The molecule has 0 amide bonds. The molecule has 116 valence electrons. The lowest BCUT2D eigenvalue weighted by molar-refractivity contribution is 0.513. The van der Waals surface area contributed by atoms with Crippen molar-refractivity contribution < 1.29 is 8.42 Å². The summed E-state index contributed by atoms with van der Waals surface area (Å²) in [4.78, 5) is 0. The van der Waals surface area contributed by atoms with Crippen LogP contribution in [0.4, 0.5) is 0 Å². The highest BCUT2D eigenvalue weighted by atomic mass is 32.2. The van der Waals surface area contributed by atoms with Crippen LogP contribution >= 0.6 is 0 Å². The summed E-state index contributed by atoms with van der Waals surface area (Å²) in [6.45, 7) is 11.3. The van der Waals surface area contributed by atoms with Crippen LogP contribution in [-0.2, 0) is 9.84 Å². The van der Waals surface area contributed by atoms with Gasteiger partial charge < -0.3 is 5.32 Å². The second-order valence-electron chi connectivity index (χ2n) is 6.78. The van der Waals surface area contributed by atoms with Crippen LogP contribution in [-0.4, -0.2) is 32.0 Å². The van der Waals surface area contributed by atoms with Gasteiger partial charge in [0, 0.05) is 6.54 Å². The van der Waals surface area contributed by atoms with Crippen molar-refractivity contribution in [1.29, 1.82) is 0 Å². The van der Waals surface area contributed by atoms with Crippen molar-refractivity contribution in [2.24, 2.45) is 5.92 Å². The quantitative estimate of drug-likeness (QED) is 0.628. The van der Waals surface area contributed by atoms with Crippen molar-refractivity contribution >= 4 is 9.84 Å². The average molecular weight is 292 g/mol. The number of unbranched alkanes of at least 4 members (excludes halogenated alkanes) is 3. The van der Waals surface area contributed by atoms with Gasteiger partial charge in [-0.2, -0.15) is 0 Å². The van der Waals surface area contributed by atoms with Crippen LogP contribution in [0.5, 0.6) is 0 Å². The molecule has 1 N–H and O–H groups in total. The molecule has 0 fully saturated rings.